The predicted octanol–water partition coefficient (Wildman–Crippen LogP) is 5.34. The summed E-state index contributed by atoms with van der Waals surface area (Å²) in [5, 5.41) is 2.97. The Bertz CT molecular complexity index is 1150. The molecule has 3 N–H and O–H groups in total. The van der Waals surface area contributed by atoms with Crippen LogP contribution in [0.15, 0.2) is 115 Å². The fraction of sp³-hybridized carbons (Fsp3) is 0.0714. The first-order valence-electron chi connectivity index (χ1n) is 10.5. The quantitative estimate of drug-likeness (QED) is 0.424. The summed E-state index contributed by atoms with van der Waals surface area (Å²) >= 11 is 0. The minimum atomic E-state index is -0.583. The molecule has 0 heterocycles. The van der Waals surface area contributed by atoms with Crippen molar-refractivity contribution >= 4 is 17.5 Å². The number of hydrogen-bond donors (Lipinski definition) is 2. The molecular weight excluding hydrogens is 396 g/mol. The summed E-state index contributed by atoms with van der Waals surface area (Å²) in [6, 6.07) is 36.5. The first-order valence-corrected chi connectivity index (χ1v) is 10.5. The van der Waals surface area contributed by atoms with Crippen LogP contribution >= 0.6 is 0 Å². The van der Waals surface area contributed by atoms with Crippen molar-refractivity contribution in [3.8, 4) is 0 Å². The second kappa shape index (κ2) is 9.75. The number of para-hydroxylation sites is 1. The smallest absolute Gasteiger partial charge is 0.250 e. The molecular formula is C28H24N2O2. The maximum absolute atomic E-state index is 13.8. The van der Waals surface area contributed by atoms with Gasteiger partial charge in [-0.3, -0.25) is 9.59 Å². The Hall–Kier alpha value is -4.18. The van der Waals surface area contributed by atoms with Crippen molar-refractivity contribution in [1.29, 1.82) is 0 Å². The van der Waals surface area contributed by atoms with E-state index >= 15 is 0 Å². The number of benzene rings is 4. The van der Waals surface area contributed by atoms with Gasteiger partial charge >= 0.3 is 0 Å². The third kappa shape index (κ3) is 4.60. The highest BCUT2D eigenvalue weighted by Gasteiger charge is 2.32. The highest BCUT2D eigenvalue weighted by atomic mass is 16.2. The summed E-state index contributed by atoms with van der Waals surface area (Å²) in [5.74, 6) is -1.54. The van der Waals surface area contributed by atoms with Crippen LogP contribution in [0.25, 0.3) is 0 Å². The number of primary amides is 1. The van der Waals surface area contributed by atoms with Gasteiger partial charge in [0.2, 0.25) is 5.91 Å². The lowest BCUT2D eigenvalue weighted by Crippen LogP contribution is -2.28. The zero-order chi connectivity index (χ0) is 22.3. The first kappa shape index (κ1) is 21.1. The molecule has 4 heteroatoms. The Morgan fingerprint density at radius 1 is 0.594 bits per heavy atom. The summed E-state index contributed by atoms with van der Waals surface area (Å²) in [7, 11) is 0. The van der Waals surface area contributed by atoms with Gasteiger partial charge in [-0.1, -0.05) is 103 Å². The van der Waals surface area contributed by atoms with Crippen LogP contribution < -0.4 is 11.1 Å². The van der Waals surface area contributed by atoms with Crippen LogP contribution in [0, 0.1) is 0 Å². The van der Waals surface area contributed by atoms with Gasteiger partial charge in [-0.05, 0) is 28.8 Å². The summed E-state index contributed by atoms with van der Waals surface area (Å²) < 4.78 is 0. The molecule has 0 aromatic heterocycles. The van der Waals surface area contributed by atoms with Crippen molar-refractivity contribution in [2.75, 3.05) is 5.32 Å². The van der Waals surface area contributed by atoms with Crippen LogP contribution in [0.4, 0.5) is 5.69 Å². The average Bonchev–Trinajstić information content (AvgIpc) is 2.84. The van der Waals surface area contributed by atoms with E-state index in [4.69, 9.17) is 5.73 Å². The number of nitrogens with two attached hydrogens (primary N) is 1. The summed E-state index contributed by atoms with van der Waals surface area (Å²) in [6.45, 7) is 0. The lowest BCUT2D eigenvalue weighted by atomic mass is 9.76. The monoisotopic (exact) mass is 420 g/mol. The van der Waals surface area contributed by atoms with Crippen molar-refractivity contribution in [2.45, 2.75) is 11.8 Å². The molecule has 0 saturated carbocycles. The summed E-state index contributed by atoms with van der Waals surface area (Å²) in [5.41, 5.74) is 9.17. The van der Waals surface area contributed by atoms with Crippen LogP contribution in [-0.2, 0) is 4.79 Å². The Labute approximate surface area is 187 Å². The van der Waals surface area contributed by atoms with Gasteiger partial charge in [-0.2, -0.15) is 0 Å². The molecule has 4 aromatic carbocycles. The highest BCUT2D eigenvalue weighted by Crippen LogP contribution is 2.39. The molecule has 1 unspecified atom stereocenters. The molecule has 4 aromatic rings. The van der Waals surface area contributed by atoms with E-state index in [1.807, 2.05) is 91.0 Å². The number of carbonyl (C=O) groups excluding carboxylic acids is 2. The Balaban J connectivity index is 1.83. The van der Waals surface area contributed by atoms with Crippen LogP contribution in [0.5, 0.6) is 0 Å². The van der Waals surface area contributed by atoms with Gasteiger partial charge in [-0.25, -0.2) is 0 Å². The van der Waals surface area contributed by atoms with Crippen LogP contribution in [0.3, 0.4) is 0 Å². The fourth-order valence-electron chi connectivity index (χ4n) is 4.07. The number of carbonyl (C=O) groups is 2. The van der Waals surface area contributed by atoms with Crippen molar-refractivity contribution in [2.24, 2.45) is 5.73 Å². The lowest BCUT2D eigenvalue weighted by molar-refractivity contribution is -0.117. The van der Waals surface area contributed by atoms with Gasteiger partial charge in [0.05, 0.1) is 17.2 Å². The molecule has 4 rings (SSSR count). The molecule has 0 fully saturated rings. The topological polar surface area (TPSA) is 72.2 Å². The predicted molar refractivity (Wildman–Crippen MR) is 127 cm³/mol. The van der Waals surface area contributed by atoms with Gasteiger partial charge < -0.3 is 11.1 Å². The van der Waals surface area contributed by atoms with E-state index in [9.17, 15) is 9.59 Å². The number of hydrogen-bond acceptors (Lipinski definition) is 2. The third-order valence-electron chi connectivity index (χ3n) is 5.54. The van der Waals surface area contributed by atoms with Crippen molar-refractivity contribution in [1.82, 2.24) is 0 Å². The van der Waals surface area contributed by atoms with E-state index in [2.05, 4.69) is 5.32 Å². The molecule has 0 aliphatic heterocycles. The second-order valence-electron chi connectivity index (χ2n) is 7.59. The standard InChI is InChI=1S/C28H24N2O2/c29-27(31)23-18-10-11-19-24(23)30-28(32)26(22-16-8-3-9-17-22)25(20-12-4-1-5-13-20)21-14-6-2-7-15-21/h1-19,25-26H,(H2,29,31)(H,30,32). The van der Waals surface area contributed by atoms with E-state index in [0.717, 1.165) is 16.7 Å². The van der Waals surface area contributed by atoms with E-state index in [0.29, 0.717) is 5.69 Å². The zero-order valence-corrected chi connectivity index (χ0v) is 17.5. The number of amides is 2. The molecule has 0 spiro atoms. The maximum atomic E-state index is 13.8. The van der Waals surface area contributed by atoms with E-state index in [-0.39, 0.29) is 17.4 Å². The van der Waals surface area contributed by atoms with Crippen LogP contribution in [0.1, 0.15) is 38.9 Å². The van der Waals surface area contributed by atoms with E-state index in [1.165, 1.54) is 0 Å². The molecule has 4 nitrogen and oxygen atoms in total. The molecule has 0 radical (unpaired) electrons. The van der Waals surface area contributed by atoms with Crippen molar-refractivity contribution in [3.63, 3.8) is 0 Å². The Kier molecular flexibility index (Phi) is 6.42. The molecule has 0 bridgehead atoms. The van der Waals surface area contributed by atoms with Gasteiger partial charge in [0.1, 0.15) is 0 Å². The minimum absolute atomic E-state index is 0.206. The van der Waals surface area contributed by atoms with E-state index < -0.39 is 11.8 Å². The molecule has 1 atom stereocenters. The highest BCUT2D eigenvalue weighted by molar-refractivity contribution is 6.04. The number of nitrogens with one attached hydrogen (secondary N) is 1. The number of anilines is 1. The molecule has 32 heavy (non-hydrogen) atoms. The lowest BCUT2D eigenvalue weighted by Gasteiger charge is -2.28. The normalized spacial score (nSPS) is 11.7. The maximum Gasteiger partial charge on any atom is 0.250 e. The summed E-state index contributed by atoms with van der Waals surface area (Å²) in [6.07, 6.45) is 0. The molecule has 0 aliphatic carbocycles. The molecule has 0 saturated heterocycles. The summed E-state index contributed by atoms with van der Waals surface area (Å²) in [4.78, 5) is 25.7. The van der Waals surface area contributed by atoms with Crippen molar-refractivity contribution in [3.05, 3.63) is 138 Å². The van der Waals surface area contributed by atoms with Crippen LogP contribution in [-0.4, -0.2) is 11.8 Å². The van der Waals surface area contributed by atoms with Gasteiger partial charge in [-0.15, -0.1) is 0 Å². The zero-order valence-electron chi connectivity index (χ0n) is 17.5. The van der Waals surface area contributed by atoms with Gasteiger partial charge in [0.25, 0.3) is 5.91 Å². The number of rotatable bonds is 7. The SMILES string of the molecule is NC(=O)c1ccccc1NC(=O)C(c1ccccc1)C(c1ccccc1)c1ccccc1. The second-order valence-corrected chi connectivity index (χ2v) is 7.59. The molecule has 158 valence electrons. The Morgan fingerprint density at radius 3 is 1.53 bits per heavy atom. The van der Waals surface area contributed by atoms with Crippen molar-refractivity contribution < 1.29 is 9.59 Å². The fourth-order valence-corrected chi connectivity index (χ4v) is 4.07. The molecule has 0 aliphatic rings. The van der Waals surface area contributed by atoms with Crippen LogP contribution in [0.2, 0.25) is 0 Å². The van der Waals surface area contributed by atoms with Gasteiger partial charge in [0, 0.05) is 5.92 Å². The minimum Gasteiger partial charge on any atom is -0.366 e. The Morgan fingerprint density at radius 2 is 1.03 bits per heavy atom. The third-order valence-corrected chi connectivity index (χ3v) is 5.54. The average molecular weight is 421 g/mol. The van der Waals surface area contributed by atoms with E-state index in [1.54, 1.807) is 24.3 Å². The largest absolute Gasteiger partial charge is 0.366 e. The molecule has 2 amide bonds. The first-order chi connectivity index (χ1) is 15.6. The van der Waals surface area contributed by atoms with Gasteiger partial charge in [0.15, 0.2) is 0 Å².